The first-order valence-electron chi connectivity index (χ1n) is 5.96. The van der Waals surface area contributed by atoms with Crippen molar-refractivity contribution in [3.63, 3.8) is 0 Å². The monoisotopic (exact) mass is 222 g/mol. The van der Waals surface area contributed by atoms with Crippen molar-refractivity contribution in [2.24, 2.45) is 5.92 Å². The summed E-state index contributed by atoms with van der Waals surface area (Å²) in [6.07, 6.45) is 3.44. The van der Waals surface area contributed by atoms with Gasteiger partial charge < -0.3 is 11.1 Å². The fourth-order valence-electron chi connectivity index (χ4n) is 1.81. The summed E-state index contributed by atoms with van der Waals surface area (Å²) in [7, 11) is 0. The van der Waals surface area contributed by atoms with Crippen LogP contribution in [0.5, 0.6) is 0 Å². The highest BCUT2D eigenvalue weighted by Gasteiger charge is 2.14. The molecule has 90 valence electrons. The second-order valence-electron chi connectivity index (χ2n) is 4.34. The Kier molecular flexibility index (Phi) is 4.52. The maximum atomic E-state index is 5.83. The third-order valence-corrected chi connectivity index (χ3v) is 2.90. The minimum absolute atomic E-state index is 0.430. The number of nitrogens with zero attached hydrogens (tertiary/aromatic N) is 2. The van der Waals surface area contributed by atoms with Gasteiger partial charge in [-0.2, -0.15) is 0 Å². The molecule has 3 N–H and O–H groups in total. The summed E-state index contributed by atoms with van der Waals surface area (Å²) in [5.41, 5.74) is 6.85. The van der Waals surface area contributed by atoms with Crippen LogP contribution in [0.1, 0.15) is 39.7 Å². The number of hydrogen-bond donors (Lipinski definition) is 2. The van der Waals surface area contributed by atoms with Crippen molar-refractivity contribution in [3.8, 4) is 0 Å². The lowest BCUT2D eigenvalue weighted by atomic mass is 10.0. The van der Waals surface area contributed by atoms with E-state index >= 15 is 0 Å². The minimum Gasteiger partial charge on any atom is -0.383 e. The average Bonchev–Trinajstić information content (AvgIpc) is 2.25. The fraction of sp³-hybridized carbons (Fsp3) is 0.667. The van der Waals surface area contributed by atoms with Crippen LogP contribution in [-0.4, -0.2) is 16.0 Å². The van der Waals surface area contributed by atoms with E-state index in [0.29, 0.717) is 17.8 Å². The number of nitrogens with two attached hydrogens (primary N) is 1. The summed E-state index contributed by atoms with van der Waals surface area (Å²) >= 11 is 0. The number of nitrogens with one attached hydrogen (secondary N) is 1. The molecule has 0 aliphatic carbocycles. The summed E-state index contributed by atoms with van der Waals surface area (Å²) in [5, 5.41) is 3.46. The van der Waals surface area contributed by atoms with E-state index in [1.54, 1.807) is 0 Å². The van der Waals surface area contributed by atoms with Crippen LogP contribution in [-0.2, 0) is 6.42 Å². The molecule has 0 bridgehead atoms. The quantitative estimate of drug-likeness (QED) is 0.803. The molecule has 1 atom stereocenters. The standard InChI is InChI=1S/C12H22N4/c1-5-9-11(13)14-7-15-12(9)16-10(6-2)8(3)4/h7-8,10H,5-6H2,1-4H3,(H3,13,14,15,16). The Hall–Kier alpha value is -1.32. The van der Waals surface area contributed by atoms with Crippen molar-refractivity contribution in [3.05, 3.63) is 11.9 Å². The highest BCUT2D eigenvalue weighted by atomic mass is 15.1. The molecule has 1 heterocycles. The Balaban J connectivity index is 2.91. The number of hydrogen-bond acceptors (Lipinski definition) is 4. The molecule has 1 rings (SSSR count). The fourth-order valence-corrected chi connectivity index (χ4v) is 1.81. The summed E-state index contributed by atoms with van der Waals surface area (Å²) < 4.78 is 0. The molecule has 0 aromatic carbocycles. The van der Waals surface area contributed by atoms with Crippen molar-refractivity contribution < 1.29 is 0 Å². The predicted octanol–water partition coefficient (Wildman–Crippen LogP) is 2.47. The zero-order valence-corrected chi connectivity index (χ0v) is 10.6. The van der Waals surface area contributed by atoms with E-state index < -0.39 is 0 Å². The van der Waals surface area contributed by atoms with Crippen LogP contribution >= 0.6 is 0 Å². The SMILES string of the molecule is CCc1c(N)ncnc1NC(CC)C(C)C. The maximum Gasteiger partial charge on any atom is 0.134 e. The van der Waals surface area contributed by atoms with Gasteiger partial charge in [0.05, 0.1) is 0 Å². The topological polar surface area (TPSA) is 63.8 Å². The van der Waals surface area contributed by atoms with Crippen molar-refractivity contribution in [2.45, 2.75) is 46.6 Å². The molecule has 0 radical (unpaired) electrons. The van der Waals surface area contributed by atoms with Gasteiger partial charge in [-0.15, -0.1) is 0 Å². The van der Waals surface area contributed by atoms with Crippen molar-refractivity contribution in [2.75, 3.05) is 11.1 Å². The lowest BCUT2D eigenvalue weighted by Crippen LogP contribution is -2.26. The highest BCUT2D eigenvalue weighted by molar-refractivity contribution is 5.55. The zero-order chi connectivity index (χ0) is 12.1. The summed E-state index contributed by atoms with van der Waals surface area (Å²) in [5.74, 6) is 2.04. The first-order chi connectivity index (χ1) is 7.60. The third-order valence-electron chi connectivity index (χ3n) is 2.90. The average molecular weight is 222 g/mol. The van der Waals surface area contributed by atoms with Crippen molar-refractivity contribution in [1.29, 1.82) is 0 Å². The van der Waals surface area contributed by atoms with Gasteiger partial charge in [0.1, 0.15) is 18.0 Å². The molecule has 0 amide bonds. The molecule has 1 unspecified atom stereocenters. The van der Waals surface area contributed by atoms with Crippen LogP contribution < -0.4 is 11.1 Å². The zero-order valence-electron chi connectivity index (χ0n) is 10.6. The molecular formula is C12H22N4. The van der Waals surface area contributed by atoms with E-state index in [4.69, 9.17) is 5.73 Å². The van der Waals surface area contributed by atoms with E-state index in [1.165, 1.54) is 6.33 Å². The van der Waals surface area contributed by atoms with Crippen molar-refractivity contribution in [1.82, 2.24) is 9.97 Å². The van der Waals surface area contributed by atoms with Gasteiger partial charge in [-0.25, -0.2) is 9.97 Å². The predicted molar refractivity (Wildman–Crippen MR) is 68.4 cm³/mol. The van der Waals surface area contributed by atoms with Gasteiger partial charge in [0.2, 0.25) is 0 Å². The van der Waals surface area contributed by atoms with Gasteiger partial charge in [-0.05, 0) is 18.8 Å². The molecule has 0 spiro atoms. The molecule has 4 nitrogen and oxygen atoms in total. The van der Waals surface area contributed by atoms with Gasteiger partial charge >= 0.3 is 0 Å². The molecule has 0 saturated carbocycles. The van der Waals surface area contributed by atoms with Crippen molar-refractivity contribution >= 4 is 11.6 Å². The second kappa shape index (κ2) is 5.68. The normalized spacial score (nSPS) is 12.8. The number of rotatable bonds is 5. The molecule has 1 aromatic heterocycles. The minimum atomic E-state index is 0.430. The Bertz CT molecular complexity index is 336. The molecule has 16 heavy (non-hydrogen) atoms. The van der Waals surface area contributed by atoms with Crippen LogP contribution in [0.15, 0.2) is 6.33 Å². The number of nitrogen functional groups attached to an aromatic ring is 1. The summed E-state index contributed by atoms with van der Waals surface area (Å²) in [6.45, 7) is 8.65. The Morgan fingerprint density at radius 2 is 2.00 bits per heavy atom. The van der Waals surface area contributed by atoms with Crippen LogP contribution in [0.25, 0.3) is 0 Å². The van der Waals surface area contributed by atoms with Gasteiger partial charge in [-0.1, -0.05) is 27.7 Å². The largest absolute Gasteiger partial charge is 0.383 e. The molecule has 1 aromatic rings. The second-order valence-corrected chi connectivity index (χ2v) is 4.34. The molecular weight excluding hydrogens is 200 g/mol. The van der Waals surface area contributed by atoms with E-state index in [2.05, 4.69) is 43.0 Å². The van der Waals surface area contributed by atoms with Gasteiger partial charge in [0, 0.05) is 11.6 Å². The first-order valence-corrected chi connectivity index (χ1v) is 5.96. The molecule has 0 aliphatic rings. The van der Waals surface area contributed by atoms with Gasteiger partial charge in [0.25, 0.3) is 0 Å². The van der Waals surface area contributed by atoms with Gasteiger partial charge in [0.15, 0.2) is 0 Å². The molecule has 0 fully saturated rings. The summed E-state index contributed by atoms with van der Waals surface area (Å²) in [6, 6.07) is 0.430. The van der Waals surface area contributed by atoms with E-state index in [9.17, 15) is 0 Å². The molecule has 0 saturated heterocycles. The Morgan fingerprint density at radius 3 is 2.50 bits per heavy atom. The Labute approximate surface area is 97.7 Å². The highest BCUT2D eigenvalue weighted by Crippen LogP contribution is 2.20. The van der Waals surface area contributed by atoms with E-state index in [1.807, 2.05) is 0 Å². The maximum absolute atomic E-state index is 5.83. The molecule has 0 aliphatic heterocycles. The lowest BCUT2D eigenvalue weighted by molar-refractivity contribution is 0.509. The van der Waals surface area contributed by atoms with Crippen LogP contribution in [0.3, 0.4) is 0 Å². The van der Waals surface area contributed by atoms with E-state index in [0.717, 1.165) is 24.2 Å². The molecule has 4 heteroatoms. The van der Waals surface area contributed by atoms with Crippen LogP contribution in [0.4, 0.5) is 11.6 Å². The van der Waals surface area contributed by atoms with Crippen LogP contribution in [0.2, 0.25) is 0 Å². The van der Waals surface area contributed by atoms with E-state index in [-0.39, 0.29) is 0 Å². The first kappa shape index (κ1) is 12.7. The number of aromatic nitrogens is 2. The summed E-state index contributed by atoms with van der Waals surface area (Å²) in [4.78, 5) is 8.29. The smallest absolute Gasteiger partial charge is 0.134 e. The van der Waals surface area contributed by atoms with Crippen LogP contribution in [0, 0.1) is 5.92 Å². The third kappa shape index (κ3) is 2.84. The number of anilines is 2. The lowest BCUT2D eigenvalue weighted by Gasteiger charge is -2.22. The Morgan fingerprint density at radius 1 is 1.31 bits per heavy atom. The van der Waals surface area contributed by atoms with Gasteiger partial charge in [-0.3, -0.25) is 0 Å².